The van der Waals surface area contributed by atoms with Gasteiger partial charge in [-0.15, -0.1) is 11.8 Å². The Bertz CT molecular complexity index is 707. The van der Waals surface area contributed by atoms with Crippen molar-refractivity contribution in [1.82, 2.24) is 0 Å². The minimum atomic E-state index is -0.240. The number of hydrogen-bond acceptors (Lipinski definition) is 5. The van der Waals surface area contributed by atoms with Gasteiger partial charge < -0.3 is 9.32 Å². The van der Waals surface area contributed by atoms with Gasteiger partial charge in [-0.1, -0.05) is 18.2 Å². The number of allylic oxidation sites excluding steroid dienone is 1. The fourth-order valence-corrected chi connectivity index (χ4v) is 3.50. The van der Waals surface area contributed by atoms with E-state index in [1.165, 1.54) is 11.8 Å². The monoisotopic (exact) mass is 313 g/mol. The van der Waals surface area contributed by atoms with E-state index < -0.39 is 0 Å². The van der Waals surface area contributed by atoms with Crippen molar-refractivity contribution >= 4 is 29.5 Å². The number of carbonyl (C=O) groups is 2. The van der Waals surface area contributed by atoms with Crippen LogP contribution in [-0.2, 0) is 9.59 Å². The number of hydrogen-bond donors (Lipinski definition) is 0. The fraction of sp³-hybridized carbons (Fsp3) is 0.176. The van der Waals surface area contributed by atoms with Crippen LogP contribution in [0.25, 0.3) is 0 Å². The summed E-state index contributed by atoms with van der Waals surface area (Å²) >= 11 is 1.40. The summed E-state index contributed by atoms with van der Waals surface area (Å²) in [5.74, 6) is 0.571. The number of ketones is 1. The lowest BCUT2D eigenvalue weighted by Crippen LogP contribution is -2.35. The number of anilines is 1. The first-order valence-corrected chi connectivity index (χ1v) is 8.13. The number of nitrogens with zero attached hydrogens (tertiary/aromatic N) is 1. The number of carbonyl (C=O) groups excluding carboxylic acids is 2. The molecule has 22 heavy (non-hydrogen) atoms. The van der Waals surface area contributed by atoms with Crippen LogP contribution >= 0.6 is 11.8 Å². The quantitative estimate of drug-likeness (QED) is 0.638. The van der Waals surface area contributed by atoms with E-state index >= 15 is 0 Å². The molecule has 2 aromatic rings. The number of aldehydes is 1. The SMILES string of the molecule is CSC1=C(C=O)C(=O)CC(c2ccco2)N1c1ccccc1. The number of rotatable bonds is 4. The maximum atomic E-state index is 12.3. The molecule has 1 aliphatic heterocycles. The summed E-state index contributed by atoms with van der Waals surface area (Å²) in [5, 5.41) is 0.666. The van der Waals surface area contributed by atoms with Crippen LogP contribution in [0.4, 0.5) is 5.69 Å². The van der Waals surface area contributed by atoms with Crippen molar-refractivity contribution in [3.05, 3.63) is 65.1 Å². The van der Waals surface area contributed by atoms with Crippen molar-refractivity contribution in [3.63, 3.8) is 0 Å². The Kier molecular flexibility index (Phi) is 4.15. The normalized spacial score (nSPS) is 18.7. The van der Waals surface area contributed by atoms with E-state index in [2.05, 4.69) is 0 Å². The molecule has 0 saturated carbocycles. The predicted molar refractivity (Wildman–Crippen MR) is 86.6 cm³/mol. The summed E-state index contributed by atoms with van der Waals surface area (Å²) in [6.45, 7) is 0. The zero-order valence-corrected chi connectivity index (χ0v) is 12.9. The van der Waals surface area contributed by atoms with Crippen LogP contribution < -0.4 is 4.90 Å². The van der Waals surface area contributed by atoms with Gasteiger partial charge in [0.1, 0.15) is 5.76 Å². The minimum Gasteiger partial charge on any atom is -0.467 e. The smallest absolute Gasteiger partial charge is 0.171 e. The molecule has 0 fully saturated rings. The van der Waals surface area contributed by atoms with Gasteiger partial charge in [-0.3, -0.25) is 9.59 Å². The Morgan fingerprint density at radius 3 is 2.59 bits per heavy atom. The molecular weight excluding hydrogens is 298 g/mol. The molecule has 2 heterocycles. The van der Waals surface area contributed by atoms with Crippen LogP contribution in [0.5, 0.6) is 0 Å². The molecule has 0 radical (unpaired) electrons. The summed E-state index contributed by atoms with van der Waals surface area (Å²) in [5.41, 5.74) is 1.17. The molecule has 1 aliphatic rings. The highest BCUT2D eigenvalue weighted by Gasteiger charge is 2.36. The van der Waals surface area contributed by atoms with Crippen molar-refractivity contribution in [1.29, 1.82) is 0 Å². The molecule has 4 nitrogen and oxygen atoms in total. The van der Waals surface area contributed by atoms with E-state index in [4.69, 9.17) is 4.42 Å². The summed E-state index contributed by atoms with van der Waals surface area (Å²) in [6.07, 6.45) is 4.34. The van der Waals surface area contributed by atoms with Crippen LogP contribution in [0.3, 0.4) is 0 Å². The van der Waals surface area contributed by atoms with Crippen molar-refractivity contribution < 1.29 is 14.0 Å². The van der Waals surface area contributed by atoms with Crippen molar-refractivity contribution in [2.75, 3.05) is 11.2 Å². The number of benzene rings is 1. The van der Waals surface area contributed by atoms with Gasteiger partial charge in [0, 0.05) is 12.1 Å². The average Bonchev–Trinajstić information content (AvgIpc) is 3.08. The maximum absolute atomic E-state index is 12.3. The van der Waals surface area contributed by atoms with Crippen LogP contribution in [0, 0.1) is 0 Å². The number of para-hydroxylation sites is 1. The Hall–Kier alpha value is -2.27. The van der Waals surface area contributed by atoms with Crippen molar-refractivity contribution in [3.8, 4) is 0 Å². The molecule has 0 N–H and O–H groups in total. The first-order valence-electron chi connectivity index (χ1n) is 6.90. The predicted octanol–water partition coefficient (Wildman–Crippen LogP) is 3.57. The zero-order chi connectivity index (χ0) is 15.5. The average molecular weight is 313 g/mol. The molecule has 3 rings (SSSR count). The molecule has 112 valence electrons. The van der Waals surface area contributed by atoms with Crippen LogP contribution in [0.15, 0.2) is 63.7 Å². The Labute approximate surface area is 132 Å². The second-order valence-electron chi connectivity index (χ2n) is 4.90. The summed E-state index contributed by atoms with van der Waals surface area (Å²) in [6, 6.07) is 13.2. The van der Waals surface area contributed by atoms with Gasteiger partial charge in [0.2, 0.25) is 0 Å². The van der Waals surface area contributed by atoms with Crippen LogP contribution in [0.2, 0.25) is 0 Å². The molecule has 0 spiro atoms. The number of furan rings is 1. The molecule has 0 amide bonds. The van der Waals surface area contributed by atoms with Crippen molar-refractivity contribution in [2.45, 2.75) is 12.5 Å². The van der Waals surface area contributed by atoms with Crippen molar-refractivity contribution in [2.24, 2.45) is 0 Å². The highest BCUT2D eigenvalue weighted by Crippen LogP contribution is 2.42. The lowest BCUT2D eigenvalue weighted by molar-refractivity contribution is -0.118. The van der Waals surface area contributed by atoms with Gasteiger partial charge in [-0.05, 0) is 30.5 Å². The Morgan fingerprint density at radius 2 is 2.00 bits per heavy atom. The molecule has 1 aromatic heterocycles. The van der Waals surface area contributed by atoms with Gasteiger partial charge in [0.25, 0.3) is 0 Å². The standard InChI is InChI=1S/C17H15NO3S/c1-22-17-13(11-19)15(20)10-14(16-8-5-9-21-16)18(17)12-6-3-2-4-7-12/h2-9,11,14H,10H2,1H3. The molecule has 1 aromatic carbocycles. The Morgan fingerprint density at radius 1 is 1.23 bits per heavy atom. The first kappa shape index (κ1) is 14.7. The van der Waals surface area contributed by atoms with E-state index in [-0.39, 0.29) is 23.8 Å². The lowest BCUT2D eigenvalue weighted by Gasteiger charge is -2.37. The molecular formula is C17H15NO3S. The number of Topliss-reactive ketones (excluding diaryl/α,β-unsaturated/α-hetero) is 1. The van der Waals surface area contributed by atoms with Gasteiger partial charge >= 0.3 is 0 Å². The van der Waals surface area contributed by atoms with E-state index in [1.807, 2.05) is 47.6 Å². The summed E-state index contributed by atoms with van der Waals surface area (Å²) < 4.78 is 5.52. The topological polar surface area (TPSA) is 50.5 Å². The van der Waals surface area contributed by atoms with Crippen LogP contribution in [0.1, 0.15) is 18.2 Å². The van der Waals surface area contributed by atoms with Gasteiger partial charge in [0.05, 0.1) is 22.9 Å². The molecule has 0 saturated heterocycles. The second kappa shape index (κ2) is 6.23. The van der Waals surface area contributed by atoms with Gasteiger partial charge in [-0.2, -0.15) is 0 Å². The molecule has 0 aliphatic carbocycles. The summed E-state index contributed by atoms with van der Waals surface area (Å²) in [4.78, 5) is 25.7. The Balaban J connectivity index is 2.17. The minimum absolute atomic E-state index is 0.145. The largest absolute Gasteiger partial charge is 0.467 e. The highest BCUT2D eigenvalue weighted by atomic mass is 32.2. The van der Waals surface area contributed by atoms with E-state index in [1.54, 1.807) is 12.3 Å². The van der Waals surface area contributed by atoms with E-state index in [9.17, 15) is 9.59 Å². The molecule has 5 heteroatoms. The van der Waals surface area contributed by atoms with E-state index in [0.717, 1.165) is 5.69 Å². The molecule has 1 unspecified atom stereocenters. The third-order valence-electron chi connectivity index (χ3n) is 3.66. The van der Waals surface area contributed by atoms with Gasteiger partial charge in [-0.25, -0.2) is 0 Å². The number of thioether (sulfide) groups is 1. The first-order chi connectivity index (χ1) is 10.8. The lowest BCUT2D eigenvalue weighted by atomic mass is 9.97. The maximum Gasteiger partial charge on any atom is 0.171 e. The van der Waals surface area contributed by atoms with Gasteiger partial charge in [0.15, 0.2) is 12.1 Å². The highest BCUT2D eigenvalue weighted by molar-refractivity contribution is 8.02. The molecule has 1 atom stereocenters. The molecule has 0 bridgehead atoms. The second-order valence-corrected chi connectivity index (χ2v) is 5.70. The zero-order valence-electron chi connectivity index (χ0n) is 12.1. The van der Waals surface area contributed by atoms with Crippen LogP contribution in [-0.4, -0.2) is 18.3 Å². The summed E-state index contributed by atoms with van der Waals surface area (Å²) in [7, 11) is 0. The van der Waals surface area contributed by atoms with E-state index in [0.29, 0.717) is 17.1 Å². The fourth-order valence-electron chi connectivity index (χ4n) is 2.69. The third-order valence-corrected chi connectivity index (χ3v) is 4.46. The third kappa shape index (κ3) is 2.48.